The lowest BCUT2D eigenvalue weighted by Gasteiger charge is -2.00. The smallest absolute Gasteiger partial charge is 0.336 e. The Hall–Kier alpha value is -0.990. The molecule has 0 aliphatic rings. The largest absolute Gasteiger partial charge is 0.515 e. The summed E-state index contributed by atoms with van der Waals surface area (Å²) < 4.78 is 4.68. The molecule has 0 aliphatic heterocycles. The molecule has 0 heterocycles. The van der Waals surface area contributed by atoms with Gasteiger partial charge in [0.1, 0.15) is 0 Å². The highest BCUT2D eigenvalue weighted by molar-refractivity contribution is 5.87. The molecule has 58 valence electrons. The van der Waals surface area contributed by atoms with E-state index in [0.29, 0.717) is 6.61 Å². The second-order valence-corrected chi connectivity index (χ2v) is 1.95. The number of ether oxygens (including phenoxy) is 1. The van der Waals surface area contributed by atoms with Crippen LogP contribution in [0, 0.1) is 0 Å². The standard InChI is InChI=1S/C7H12O3/c1-3-4-10-7(9)6(2)5-8/h5,8H,3-4H2,1-2H3/b6-5-. The molecule has 1 N–H and O–H groups in total. The van der Waals surface area contributed by atoms with E-state index in [0.717, 1.165) is 12.7 Å². The molecule has 10 heavy (non-hydrogen) atoms. The molecule has 0 saturated carbocycles. The van der Waals surface area contributed by atoms with Crippen LogP contribution in [0.5, 0.6) is 0 Å². The average Bonchev–Trinajstić information content (AvgIpc) is 1.98. The van der Waals surface area contributed by atoms with E-state index in [9.17, 15) is 4.79 Å². The molecule has 3 heteroatoms. The zero-order valence-electron chi connectivity index (χ0n) is 6.26. The molecule has 0 fully saturated rings. The van der Waals surface area contributed by atoms with Crippen LogP contribution in [0.15, 0.2) is 11.8 Å². The summed E-state index contributed by atoms with van der Waals surface area (Å²) >= 11 is 0. The first-order valence-electron chi connectivity index (χ1n) is 3.20. The summed E-state index contributed by atoms with van der Waals surface area (Å²) in [4.78, 5) is 10.7. The summed E-state index contributed by atoms with van der Waals surface area (Å²) in [6.45, 7) is 3.81. The second-order valence-electron chi connectivity index (χ2n) is 1.95. The monoisotopic (exact) mass is 144 g/mol. The molecule has 0 saturated heterocycles. The Morgan fingerprint density at radius 2 is 2.30 bits per heavy atom. The predicted molar refractivity (Wildman–Crippen MR) is 37.6 cm³/mol. The highest BCUT2D eigenvalue weighted by Crippen LogP contribution is 1.94. The van der Waals surface area contributed by atoms with Crippen LogP contribution in [-0.2, 0) is 9.53 Å². The molecule has 0 amide bonds. The van der Waals surface area contributed by atoms with Crippen molar-refractivity contribution in [3.63, 3.8) is 0 Å². The zero-order chi connectivity index (χ0) is 7.98. The van der Waals surface area contributed by atoms with Gasteiger partial charge in [-0.25, -0.2) is 4.79 Å². The third-order valence-corrected chi connectivity index (χ3v) is 0.953. The average molecular weight is 144 g/mol. The number of carbonyl (C=O) groups excluding carboxylic acids is 1. The van der Waals surface area contributed by atoms with Gasteiger partial charge in [0.15, 0.2) is 0 Å². The number of aliphatic hydroxyl groups excluding tert-OH is 1. The fourth-order valence-corrected chi connectivity index (χ4v) is 0.361. The minimum Gasteiger partial charge on any atom is -0.515 e. The van der Waals surface area contributed by atoms with Gasteiger partial charge in [-0.1, -0.05) is 6.92 Å². The van der Waals surface area contributed by atoms with Gasteiger partial charge < -0.3 is 9.84 Å². The molecule has 0 rings (SSSR count). The fourth-order valence-electron chi connectivity index (χ4n) is 0.361. The number of esters is 1. The highest BCUT2D eigenvalue weighted by Gasteiger charge is 2.02. The van der Waals surface area contributed by atoms with E-state index in [2.05, 4.69) is 4.74 Å². The Morgan fingerprint density at radius 1 is 1.70 bits per heavy atom. The lowest BCUT2D eigenvalue weighted by molar-refractivity contribution is -0.139. The van der Waals surface area contributed by atoms with Crippen molar-refractivity contribution in [1.82, 2.24) is 0 Å². The Morgan fingerprint density at radius 3 is 2.70 bits per heavy atom. The van der Waals surface area contributed by atoms with Gasteiger partial charge >= 0.3 is 5.97 Å². The van der Waals surface area contributed by atoms with Gasteiger partial charge in [-0.3, -0.25) is 0 Å². The second kappa shape index (κ2) is 4.85. The summed E-state index contributed by atoms with van der Waals surface area (Å²) in [7, 11) is 0. The summed E-state index contributed by atoms with van der Waals surface area (Å²) in [6.07, 6.45) is 1.54. The third-order valence-electron chi connectivity index (χ3n) is 0.953. The van der Waals surface area contributed by atoms with Gasteiger partial charge in [0.05, 0.1) is 18.4 Å². The predicted octanol–water partition coefficient (Wildman–Crippen LogP) is 1.40. The van der Waals surface area contributed by atoms with Crippen LogP contribution in [0.2, 0.25) is 0 Å². The van der Waals surface area contributed by atoms with E-state index < -0.39 is 5.97 Å². The molecular weight excluding hydrogens is 132 g/mol. The van der Waals surface area contributed by atoms with E-state index in [1.165, 1.54) is 6.92 Å². The van der Waals surface area contributed by atoms with Crippen molar-refractivity contribution in [1.29, 1.82) is 0 Å². The summed E-state index contributed by atoms with van der Waals surface area (Å²) in [6, 6.07) is 0. The van der Waals surface area contributed by atoms with Crippen molar-refractivity contribution < 1.29 is 14.6 Å². The lowest BCUT2D eigenvalue weighted by Crippen LogP contribution is -2.06. The van der Waals surface area contributed by atoms with E-state index in [-0.39, 0.29) is 5.57 Å². The van der Waals surface area contributed by atoms with E-state index in [1.54, 1.807) is 0 Å². The summed E-state index contributed by atoms with van der Waals surface area (Å²) in [5, 5.41) is 8.34. The van der Waals surface area contributed by atoms with Crippen LogP contribution in [-0.4, -0.2) is 17.7 Å². The molecule has 0 spiro atoms. The van der Waals surface area contributed by atoms with Crippen LogP contribution in [0.1, 0.15) is 20.3 Å². The number of hydrogen-bond donors (Lipinski definition) is 1. The van der Waals surface area contributed by atoms with Crippen LogP contribution in [0.4, 0.5) is 0 Å². The normalized spacial score (nSPS) is 11.2. The molecule has 0 aliphatic carbocycles. The molecular formula is C7H12O3. The molecule has 0 aromatic rings. The number of carbonyl (C=O) groups is 1. The van der Waals surface area contributed by atoms with E-state index >= 15 is 0 Å². The minimum atomic E-state index is -0.454. The summed E-state index contributed by atoms with van der Waals surface area (Å²) in [5.74, 6) is -0.454. The van der Waals surface area contributed by atoms with Crippen molar-refractivity contribution in [3.8, 4) is 0 Å². The molecule has 3 nitrogen and oxygen atoms in total. The Bertz CT molecular complexity index is 138. The van der Waals surface area contributed by atoms with E-state index in [1.807, 2.05) is 6.92 Å². The maximum atomic E-state index is 10.7. The molecule has 0 bridgehead atoms. The van der Waals surface area contributed by atoms with Gasteiger partial charge in [0.2, 0.25) is 0 Å². The first-order chi connectivity index (χ1) is 4.72. The molecule has 0 aromatic carbocycles. The van der Waals surface area contributed by atoms with Gasteiger partial charge in [0.25, 0.3) is 0 Å². The lowest BCUT2D eigenvalue weighted by atomic mass is 10.3. The number of aliphatic hydroxyl groups is 1. The van der Waals surface area contributed by atoms with Crippen molar-refractivity contribution in [2.24, 2.45) is 0 Å². The SMILES string of the molecule is CCCOC(=O)/C(C)=C\O. The zero-order valence-corrected chi connectivity index (χ0v) is 6.26. The maximum absolute atomic E-state index is 10.7. The van der Waals surface area contributed by atoms with Gasteiger partial charge in [0, 0.05) is 0 Å². The minimum absolute atomic E-state index is 0.230. The first kappa shape index (κ1) is 9.01. The fraction of sp³-hybridized carbons (Fsp3) is 0.571. The Balaban J connectivity index is 3.63. The third kappa shape index (κ3) is 3.12. The maximum Gasteiger partial charge on any atom is 0.336 e. The van der Waals surface area contributed by atoms with Crippen LogP contribution >= 0.6 is 0 Å². The topological polar surface area (TPSA) is 46.5 Å². The molecule has 0 radical (unpaired) electrons. The Kier molecular flexibility index (Phi) is 4.37. The van der Waals surface area contributed by atoms with Crippen LogP contribution in [0.3, 0.4) is 0 Å². The summed E-state index contributed by atoms with van der Waals surface area (Å²) in [5.41, 5.74) is 0.230. The van der Waals surface area contributed by atoms with Gasteiger partial charge in [-0.15, -0.1) is 0 Å². The van der Waals surface area contributed by atoms with Crippen LogP contribution in [0.25, 0.3) is 0 Å². The molecule has 0 unspecified atom stereocenters. The molecule has 0 aromatic heterocycles. The quantitative estimate of drug-likeness (QED) is 0.370. The number of rotatable bonds is 3. The Labute approximate surface area is 60.3 Å². The highest BCUT2D eigenvalue weighted by atomic mass is 16.5. The first-order valence-corrected chi connectivity index (χ1v) is 3.20. The van der Waals surface area contributed by atoms with Crippen molar-refractivity contribution in [3.05, 3.63) is 11.8 Å². The van der Waals surface area contributed by atoms with Gasteiger partial charge in [-0.2, -0.15) is 0 Å². The van der Waals surface area contributed by atoms with Crippen molar-refractivity contribution in [2.45, 2.75) is 20.3 Å². The number of hydrogen-bond acceptors (Lipinski definition) is 3. The van der Waals surface area contributed by atoms with Crippen molar-refractivity contribution >= 4 is 5.97 Å². The van der Waals surface area contributed by atoms with Gasteiger partial charge in [-0.05, 0) is 13.3 Å². The van der Waals surface area contributed by atoms with Crippen LogP contribution < -0.4 is 0 Å². The molecule has 0 atom stereocenters. The van der Waals surface area contributed by atoms with Crippen molar-refractivity contribution in [2.75, 3.05) is 6.61 Å². The van der Waals surface area contributed by atoms with E-state index in [4.69, 9.17) is 5.11 Å².